The molecule has 3 aliphatic rings. The molecule has 1 heterocycles. The van der Waals surface area contributed by atoms with Crippen molar-refractivity contribution in [2.24, 2.45) is 0 Å². The van der Waals surface area contributed by atoms with Gasteiger partial charge in [-0.15, -0.1) is 0 Å². The number of carbonyl (C=O) groups is 2. The molecule has 1 saturated heterocycles. The SMILES string of the molecule is CC1(C)C2=C(C(=O)c3ccc(OCCN4CCNC4=O)cc31)c1ccc(C#N)cc1C2. The van der Waals surface area contributed by atoms with Gasteiger partial charge in [0.05, 0.1) is 18.2 Å². The number of hydrogen-bond donors (Lipinski definition) is 1. The summed E-state index contributed by atoms with van der Waals surface area (Å²) >= 11 is 0. The van der Waals surface area contributed by atoms with Gasteiger partial charge < -0.3 is 15.0 Å². The molecule has 0 saturated carbocycles. The molecule has 6 heteroatoms. The van der Waals surface area contributed by atoms with Crippen LogP contribution >= 0.6 is 0 Å². The van der Waals surface area contributed by atoms with Crippen LogP contribution in [0.25, 0.3) is 5.57 Å². The van der Waals surface area contributed by atoms with Crippen molar-refractivity contribution in [1.29, 1.82) is 5.26 Å². The Labute approximate surface area is 181 Å². The van der Waals surface area contributed by atoms with Crippen LogP contribution in [0.1, 0.15) is 46.5 Å². The zero-order valence-electron chi connectivity index (χ0n) is 17.6. The Bertz CT molecular complexity index is 1200. The van der Waals surface area contributed by atoms with Crippen molar-refractivity contribution in [2.45, 2.75) is 25.7 Å². The summed E-state index contributed by atoms with van der Waals surface area (Å²) < 4.78 is 5.93. The maximum absolute atomic E-state index is 13.4. The molecule has 31 heavy (non-hydrogen) atoms. The van der Waals surface area contributed by atoms with E-state index in [4.69, 9.17) is 4.74 Å². The van der Waals surface area contributed by atoms with Crippen molar-refractivity contribution in [3.63, 3.8) is 0 Å². The van der Waals surface area contributed by atoms with Crippen molar-refractivity contribution < 1.29 is 14.3 Å². The number of benzene rings is 2. The molecule has 156 valence electrons. The van der Waals surface area contributed by atoms with E-state index in [-0.39, 0.29) is 17.2 Å². The van der Waals surface area contributed by atoms with Crippen LogP contribution in [0.3, 0.4) is 0 Å². The van der Waals surface area contributed by atoms with Crippen LogP contribution in [0.4, 0.5) is 4.79 Å². The molecule has 0 unspecified atom stereocenters. The summed E-state index contributed by atoms with van der Waals surface area (Å²) in [6.45, 7) is 6.57. The number of nitriles is 1. The Balaban J connectivity index is 1.43. The number of ether oxygens (including phenoxy) is 1. The fourth-order valence-corrected chi connectivity index (χ4v) is 4.91. The first-order valence-electron chi connectivity index (χ1n) is 10.5. The van der Waals surface area contributed by atoms with Gasteiger partial charge in [-0.05, 0) is 59.0 Å². The zero-order valence-corrected chi connectivity index (χ0v) is 17.6. The number of amides is 2. The van der Waals surface area contributed by atoms with Crippen LogP contribution in [0.5, 0.6) is 5.75 Å². The number of ketones is 1. The van der Waals surface area contributed by atoms with Gasteiger partial charge in [0, 0.05) is 29.6 Å². The van der Waals surface area contributed by atoms with Crippen LogP contribution in [-0.4, -0.2) is 43.0 Å². The average molecular weight is 413 g/mol. The van der Waals surface area contributed by atoms with Crippen molar-refractivity contribution in [3.8, 4) is 11.8 Å². The highest BCUT2D eigenvalue weighted by atomic mass is 16.5. The number of carbonyl (C=O) groups excluding carboxylic acids is 2. The first-order chi connectivity index (χ1) is 14.9. The second-order valence-corrected chi connectivity index (χ2v) is 8.74. The minimum Gasteiger partial charge on any atom is -0.492 e. The van der Waals surface area contributed by atoms with E-state index in [0.717, 1.165) is 27.8 Å². The lowest BCUT2D eigenvalue weighted by molar-refractivity contribution is 0.105. The number of fused-ring (bicyclic) bond motifs is 3. The zero-order chi connectivity index (χ0) is 21.8. The smallest absolute Gasteiger partial charge is 0.317 e. The monoisotopic (exact) mass is 413 g/mol. The molecule has 0 bridgehead atoms. The normalized spacial score (nSPS) is 18.3. The van der Waals surface area contributed by atoms with Crippen molar-refractivity contribution >= 4 is 17.4 Å². The maximum Gasteiger partial charge on any atom is 0.317 e. The third-order valence-corrected chi connectivity index (χ3v) is 6.64. The van der Waals surface area contributed by atoms with Crippen LogP contribution < -0.4 is 10.1 Å². The lowest BCUT2D eigenvalue weighted by Gasteiger charge is -2.34. The van der Waals surface area contributed by atoms with Gasteiger partial charge in [0.25, 0.3) is 0 Å². The maximum atomic E-state index is 13.4. The molecule has 2 aromatic rings. The van der Waals surface area contributed by atoms with Crippen molar-refractivity contribution in [3.05, 3.63) is 69.8 Å². The predicted molar refractivity (Wildman–Crippen MR) is 116 cm³/mol. The highest BCUT2D eigenvalue weighted by Gasteiger charge is 2.42. The molecule has 2 aliphatic carbocycles. The molecule has 2 aromatic carbocycles. The summed E-state index contributed by atoms with van der Waals surface area (Å²) in [5.74, 6) is 0.735. The molecule has 1 fully saturated rings. The number of nitrogens with zero attached hydrogens (tertiary/aromatic N) is 2. The molecule has 0 spiro atoms. The number of hydrogen-bond acceptors (Lipinski definition) is 4. The summed E-state index contributed by atoms with van der Waals surface area (Å²) in [5.41, 5.74) is 5.81. The summed E-state index contributed by atoms with van der Waals surface area (Å²) in [6.07, 6.45) is 0.674. The summed E-state index contributed by atoms with van der Waals surface area (Å²) in [6, 6.07) is 13.4. The summed E-state index contributed by atoms with van der Waals surface area (Å²) in [5, 5.41) is 12.0. The van der Waals surface area contributed by atoms with E-state index in [9.17, 15) is 14.9 Å². The van der Waals surface area contributed by atoms with Crippen LogP contribution in [-0.2, 0) is 11.8 Å². The summed E-state index contributed by atoms with van der Waals surface area (Å²) in [4.78, 5) is 26.8. The molecule has 5 rings (SSSR count). The van der Waals surface area contributed by atoms with Gasteiger partial charge in [-0.3, -0.25) is 4.79 Å². The first kappa shape index (κ1) is 19.4. The Morgan fingerprint density at radius 1 is 1.16 bits per heavy atom. The van der Waals surface area contributed by atoms with Gasteiger partial charge in [0.2, 0.25) is 0 Å². The van der Waals surface area contributed by atoms with Gasteiger partial charge in [0.1, 0.15) is 12.4 Å². The van der Waals surface area contributed by atoms with E-state index in [1.165, 1.54) is 0 Å². The molecule has 1 aliphatic heterocycles. The Morgan fingerprint density at radius 2 is 1.97 bits per heavy atom. The van der Waals surface area contributed by atoms with E-state index in [0.29, 0.717) is 49.5 Å². The third kappa shape index (κ3) is 3.00. The fraction of sp³-hybridized carbons (Fsp3) is 0.320. The number of Topliss-reactive ketones (excluding diaryl/α,β-unsaturated/α-hetero) is 1. The van der Waals surface area contributed by atoms with Crippen LogP contribution in [0, 0.1) is 11.3 Å². The first-order valence-corrected chi connectivity index (χ1v) is 10.5. The highest BCUT2D eigenvalue weighted by molar-refractivity contribution is 6.33. The molecular weight excluding hydrogens is 390 g/mol. The Kier molecular flexibility index (Phi) is 4.37. The number of rotatable bonds is 4. The van der Waals surface area contributed by atoms with Gasteiger partial charge in [0.15, 0.2) is 5.78 Å². The second-order valence-electron chi connectivity index (χ2n) is 8.74. The van der Waals surface area contributed by atoms with Crippen molar-refractivity contribution in [1.82, 2.24) is 10.2 Å². The number of nitrogens with one attached hydrogen (secondary N) is 1. The quantitative estimate of drug-likeness (QED) is 0.832. The van der Waals surface area contributed by atoms with Crippen LogP contribution in [0.15, 0.2) is 42.0 Å². The van der Waals surface area contributed by atoms with Crippen LogP contribution in [0.2, 0.25) is 0 Å². The van der Waals surface area contributed by atoms with Gasteiger partial charge >= 0.3 is 6.03 Å². The van der Waals surface area contributed by atoms with Gasteiger partial charge in [-0.2, -0.15) is 5.26 Å². The largest absolute Gasteiger partial charge is 0.492 e. The molecule has 0 radical (unpaired) electrons. The minimum atomic E-state index is -0.335. The van der Waals surface area contributed by atoms with Gasteiger partial charge in [-0.25, -0.2) is 4.79 Å². The predicted octanol–water partition coefficient (Wildman–Crippen LogP) is 3.45. The Hall–Kier alpha value is -3.59. The van der Waals surface area contributed by atoms with E-state index in [1.807, 2.05) is 30.3 Å². The topological polar surface area (TPSA) is 82.4 Å². The van der Waals surface area contributed by atoms with E-state index in [2.05, 4.69) is 25.2 Å². The number of allylic oxidation sites excluding steroid dienone is 2. The van der Waals surface area contributed by atoms with E-state index in [1.54, 1.807) is 11.0 Å². The van der Waals surface area contributed by atoms with E-state index >= 15 is 0 Å². The molecular formula is C25H23N3O3. The molecule has 6 nitrogen and oxygen atoms in total. The minimum absolute atomic E-state index is 0.0353. The standard InChI is InChI=1S/C25H23N3O3/c1-25(2)20-13-17(31-10-9-28-8-7-27-24(28)30)4-6-19(20)23(29)22-18-5-3-15(14-26)11-16(18)12-21(22)25/h3-6,11,13H,7-10,12H2,1-2H3,(H,27,30). The van der Waals surface area contributed by atoms with E-state index < -0.39 is 0 Å². The molecule has 0 atom stereocenters. The summed E-state index contributed by atoms with van der Waals surface area (Å²) in [7, 11) is 0. The van der Waals surface area contributed by atoms with Gasteiger partial charge in [-0.1, -0.05) is 19.9 Å². The molecule has 1 N–H and O–H groups in total. The fourth-order valence-electron chi connectivity index (χ4n) is 4.91. The lowest BCUT2D eigenvalue weighted by atomic mass is 9.68. The highest BCUT2D eigenvalue weighted by Crippen LogP contribution is 2.50. The third-order valence-electron chi connectivity index (χ3n) is 6.64. The average Bonchev–Trinajstić information content (AvgIpc) is 3.36. The second kappa shape index (κ2) is 6.98. The molecule has 2 amide bonds. The number of urea groups is 1. The molecule has 0 aromatic heterocycles. The Morgan fingerprint density at radius 3 is 2.71 bits per heavy atom. The van der Waals surface area contributed by atoms with Crippen molar-refractivity contribution in [2.75, 3.05) is 26.2 Å². The lowest BCUT2D eigenvalue weighted by Crippen LogP contribution is -2.32.